The van der Waals surface area contributed by atoms with Gasteiger partial charge in [-0.3, -0.25) is 38.8 Å². The maximum atomic E-state index is 13.3. The predicted octanol–water partition coefficient (Wildman–Crippen LogP) is 14.3. The smallest absolute Gasteiger partial charge is 0.323 e. The van der Waals surface area contributed by atoms with Gasteiger partial charge >= 0.3 is 23.9 Å². The second kappa shape index (κ2) is 43.9. The van der Waals surface area contributed by atoms with Crippen molar-refractivity contribution >= 4 is 23.9 Å². The van der Waals surface area contributed by atoms with E-state index in [-0.39, 0.29) is 64.6 Å². The molecule has 4 fully saturated rings. The van der Waals surface area contributed by atoms with Crippen LogP contribution in [0.25, 0.3) is 0 Å². The number of benzene rings is 4. The molecule has 0 saturated carbocycles. The largest absolute Gasteiger partial charge is 0.493 e. The van der Waals surface area contributed by atoms with Crippen LogP contribution in [-0.4, -0.2) is 201 Å². The first-order valence-corrected chi connectivity index (χ1v) is 38.3. The fourth-order valence-corrected chi connectivity index (χ4v) is 13.1. The number of carbonyl (C=O) groups is 4. The van der Waals surface area contributed by atoms with E-state index in [4.69, 9.17) is 140 Å². The number of methoxy groups -OCH3 is 8. The van der Waals surface area contributed by atoms with E-state index in [1.165, 1.54) is 55.8 Å². The Morgan fingerprint density at radius 3 is 0.742 bits per heavy atom. The molecule has 20 atom stereocenters. The highest BCUT2D eigenvalue weighted by Crippen LogP contribution is 2.50. The van der Waals surface area contributed by atoms with Crippen molar-refractivity contribution in [1.29, 1.82) is 0 Å². The second-order valence-electron chi connectivity index (χ2n) is 29.9. The highest BCUT2D eigenvalue weighted by atomic mass is 16.6. The van der Waals surface area contributed by atoms with Gasteiger partial charge in [0.15, 0.2) is 46.0 Å². The summed E-state index contributed by atoms with van der Waals surface area (Å²) in [6.45, 7) is -15.4. The van der Waals surface area contributed by atoms with E-state index in [1.54, 1.807) is 13.8 Å². The number of hydrogen-bond acceptors (Lipinski definition) is 24. The molecule has 0 aromatic heterocycles. The second-order valence-corrected chi connectivity index (χ2v) is 29.9. The van der Waals surface area contributed by atoms with Gasteiger partial charge in [0.05, 0.1) is 84.0 Å². The average molecular weight is 1740 g/mol. The Balaban J connectivity index is 0.000000267. The van der Waals surface area contributed by atoms with Gasteiger partial charge in [-0.2, -0.15) is 0 Å². The molecule has 0 radical (unpaired) electrons. The van der Waals surface area contributed by atoms with Crippen LogP contribution < -0.4 is 60.8 Å². The van der Waals surface area contributed by atoms with Crippen molar-refractivity contribution in [2.24, 2.45) is 93.8 Å². The molecule has 4 aromatic carbocycles. The maximum absolute atomic E-state index is 13.3. The molecule has 8 aliphatic rings. The summed E-state index contributed by atoms with van der Waals surface area (Å²) in [6.07, 6.45) is -40.7. The highest BCUT2D eigenvalue weighted by Gasteiger charge is 2.47. The lowest BCUT2D eigenvalue weighted by molar-refractivity contribution is -0.161. The monoisotopic (exact) mass is 1740 g/mol. The van der Waals surface area contributed by atoms with Crippen molar-refractivity contribution in [2.75, 3.05) is 109 Å². The van der Waals surface area contributed by atoms with Crippen LogP contribution in [0.2, 0.25) is 0 Å². The Kier molecular flexibility index (Phi) is 15.1. The quantitative estimate of drug-likeness (QED) is 0.0303. The lowest BCUT2D eigenvalue weighted by atomic mass is 9.79. The number of piperidine rings is 4. The van der Waals surface area contributed by atoms with Gasteiger partial charge in [0, 0.05) is 186 Å². The molecule has 16 unspecified atom stereocenters. The van der Waals surface area contributed by atoms with E-state index in [2.05, 4.69) is 0 Å². The number of fused-ring (bicyclic) bond motifs is 12. The van der Waals surface area contributed by atoms with Gasteiger partial charge in [-0.25, -0.2) is 0 Å². The fraction of sp³-hybridized carbons (Fsp3) is 0.708. The number of nitrogens with two attached hydrogens (primary N) is 4. The summed E-state index contributed by atoms with van der Waals surface area (Å²) >= 11 is 0. The van der Waals surface area contributed by atoms with Crippen LogP contribution in [0.4, 0.5) is 0 Å². The van der Waals surface area contributed by atoms with Gasteiger partial charge in [0.1, 0.15) is 48.6 Å². The summed E-state index contributed by atoms with van der Waals surface area (Å²) < 4.78 is 608. The minimum atomic E-state index is -3.86. The fourth-order valence-electron chi connectivity index (χ4n) is 13.1. The summed E-state index contributed by atoms with van der Waals surface area (Å²) in [6, 6.07) is -19.3. The molecular weight excluding hydrogens is 1520 g/mol. The summed E-state index contributed by atoms with van der Waals surface area (Å²) in [5.41, 5.74) is 21.6. The third kappa shape index (κ3) is 23.8. The first-order valence-electron chi connectivity index (χ1n) is 70.3. The Morgan fingerprint density at radius 1 is 0.367 bits per heavy atom. The van der Waals surface area contributed by atoms with Crippen LogP contribution in [0.3, 0.4) is 0 Å². The topological polar surface area (TPSA) is 296 Å². The van der Waals surface area contributed by atoms with E-state index in [0.717, 1.165) is 19.1 Å². The molecule has 672 valence electrons. The number of carbonyl (C=O) groups excluding carboxylic acids is 4. The highest BCUT2D eigenvalue weighted by molar-refractivity contribution is 5.77. The van der Waals surface area contributed by atoms with Gasteiger partial charge in [0.25, 0.3) is 0 Å². The molecule has 0 aliphatic carbocycles. The molecule has 12 rings (SSSR count). The average Bonchev–Trinajstić information content (AvgIpc) is 0.670. The zero-order valence-electron chi connectivity index (χ0n) is 134. The molecule has 8 aliphatic heterocycles. The molecule has 0 bridgehead atoms. The SMILES string of the molecule is [2H]c1c2c(c([2H])c(OC([2H])([2H])[2H])c1OC([2H])([2H])[2H])C1N(CC2)C([2H])([2H])C([2H])(C([2H])([2H])C([2H])(C)C([2H])([2H])[2H])C(OC(=O)[C@@H](N)C(C)C)C1([2H])[2H].[2H]c1c2c(c([2H])c(OC([2H])([2H])[2H])c1OC)C1N(CC2)C([2H])([2H])C([2H])(C([2H])([2H])C([2H])(C)C([2H])([2H])[2H])C(OC(=O)[C@@H](N)C(C)C)C1([2H])[2H].[2H]c1c2c(c([2H])c(OC)c1OC([2H])([2H])[2H])C1N(CC2)C([2H])([2H])C([2H])(C([2H])([2H])C([2H])(C)C([2H])([2H])[2H])C(OC(=O)[C@@H](N)C(C)C)C1([2H])[2H].[2H]c1c2c(c([2H])c(OC)c1OC)C1N(CC2)C([2H])([2H])C([2H])(C([2H])([2H])C([2H])(C)C([2H])([2H])[2H])C(OC(=O)[C@@H](N)C(C)C)C1([2H])[2H]. The zero-order chi connectivity index (χ0) is 144. The minimum absolute atomic E-state index is 0.0714. The Bertz CT molecular complexity index is 7080. The van der Waals surface area contributed by atoms with Crippen molar-refractivity contribution < 1.29 is 164 Å². The van der Waals surface area contributed by atoms with Crippen LogP contribution in [0.15, 0.2) is 48.3 Å². The van der Waals surface area contributed by atoms with Gasteiger partial charge in [-0.15, -0.1) is 0 Å². The van der Waals surface area contributed by atoms with Crippen LogP contribution in [0.1, 0.15) is 318 Å². The van der Waals surface area contributed by atoms with E-state index in [1.807, 2.05) is 0 Å². The first kappa shape index (κ1) is 41.3. The number of nitrogens with zero attached hydrogens (tertiary/aromatic N) is 4. The number of ether oxygens (including phenoxy) is 12. The van der Waals surface area contributed by atoms with Gasteiger partial charge in [0.2, 0.25) is 0 Å². The van der Waals surface area contributed by atoms with E-state index >= 15 is 0 Å². The lowest BCUT2D eigenvalue weighted by Gasteiger charge is -2.47. The van der Waals surface area contributed by atoms with Crippen LogP contribution in [0.5, 0.6) is 46.0 Å². The molecule has 4 saturated heterocycles. The molecule has 0 amide bonds. The zero-order valence-corrected chi connectivity index (χ0v) is 69.5. The Labute approximate surface area is 808 Å². The van der Waals surface area contributed by atoms with Crippen molar-refractivity contribution in [3.63, 3.8) is 0 Å². The number of esters is 4. The first-order chi connectivity index (χ1) is 81.8. The summed E-state index contributed by atoms with van der Waals surface area (Å²) in [5.74, 6) is -40.8. The maximum Gasteiger partial charge on any atom is 0.323 e. The molecule has 8 heterocycles. The number of hydrogen-bond donors (Lipinski definition) is 4. The third-order valence-corrected chi connectivity index (χ3v) is 19.7. The van der Waals surface area contributed by atoms with Crippen molar-refractivity contribution in [1.82, 2.24) is 19.6 Å². The summed E-state index contributed by atoms with van der Waals surface area (Å²) in [7, 11) is -8.37. The van der Waals surface area contributed by atoms with E-state index in [9.17, 15) is 46.6 Å². The lowest BCUT2D eigenvalue weighted by Crippen LogP contribution is -2.51. The van der Waals surface area contributed by atoms with Crippen LogP contribution in [-0.2, 0) is 63.8 Å². The van der Waals surface area contributed by atoms with Crippen molar-refractivity contribution in [3.05, 3.63) is 92.8 Å². The van der Waals surface area contributed by atoms with Gasteiger partial charge < -0.3 is 79.8 Å². The predicted molar refractivity (Wildman–Crippen MR) is 471 cm³/mol. The van der Waals surface area contributed by atoms with Gasteiger partial charge in [-0.05, 0) is 191 Å². The molecule has 0 spiro atoms. The molecule has 4 aromatic rings. The van der Waals surface area contributed by atoms with Crippen molar-refractivity contribution in [3.8, 4) is 46.0 Å². The van der Waals surface area contributed by atoms with Crippen molar-refractivity contribution in [2.45, 2.75) is 260 Å². The van der Waals surface area contributed by atoms with Crippen LogP contribution >= 0.6 is 0 Å². The summed E-state index contributed by atoms with van der Waals surface area (Å²) in [5, 5.41) is 0. The molecule has 120 heavy (non-hydrogen) atoms. The van der Waals surface area contributed by atoms with Gasteiger partial charge in [-0.1, -0.05) is 110 Å². The molecule has 24 nitrogen and oxygen atoms in total. The van der Waals surface area contributed by atoms with E-state index < -0.39 is 426 Å². The minimum Gasteiger partial charge on any atom is -0.493 e. The van der Waals surface area contributed by atoms with E-state index in [0.29, 0.717) is 42.4 Å². The van der Waals surface area contributed by atoms with Crippen LogP contribution in [0, 0.1) is 70.8 Å². The molecular formula is C96H152N8O16. The Hall–Kier alpha value is -7.16. The number of rotatable bonds is 28. The normalized spacial score (nSPS) is 41.8. The Morgan fingerprint density at radius 2 is 0.558 bits per heavy atom. The summed E-state index contributed by atoms with van der Waals surface area (Å²) in [4.78, 5) is 55.7. The molecule has 8 N–H and O–H groups in total. The standard InChI is InChI=1S/4C24H38N2O4/c4*1-14(2)9-17-13-26-8-7-16-10-21(28-5)22(29-6)11-18(16)19(26)12-20(17)30-24(27)23(25)15(3)4/h4*10-11,14-15,17,19-20,23H,7-9,12-13,25H2,1-6H3/t4*17?,19?,20?,23-/m0000/s1/i1D3,5D3,6D3,9D2,10D,11D,12D2,13D2,14D,17D;1D3,6D3,9D2,10D,11D,12D2,13D2,14D,17D;1D3,5D3,9D2,10D,11D,12D2,13D2,14D,17D;1D3,9D2,10D,11D,12D2,13D2,14D,17D/t4*14?,17?,19?,20?,23-. The third-order valence-electron chi connectivity index (χ3n) is 19.7. The molecule has 24 heteroatoms.